The summed E-state index contributed by atoms with van der Waals surface area (Å²) >= 11 is 0. The summed E-state index contributed by atoms with van der Waals surface area (Å²) in [4.78, 5) is 14.8. The number of amides is 1. The molecule has 0 aromatic carbocycles. The van der Waals surface area contributed by atoms with Gasteiger partial charge in [0.15, 0.2) is 0 Å². The number of rotatable bonds is 4. The summed E-state index contributed by atoms with van der Waals surface area (Å²) in [5.41, 5.74) is -0.628. The minimum absolute atomic E-state index is 0.0147. The highest BCUT2D eigenvalue weighted by molar-refractivity contribution is 5.79. The summed E-state index contributed by atoms with van der Waals surface area (Å²) < 4.78 is 2.34. The Morgan fingerprint density at radius 3 is 2.81 bits per heavy atom. The van der Waals surface area contributed by atoms with Crippen LogP contribution in [-0.4, -0.2) is 50.7 Å². The molecule has 0 bridgehead atoms. The molecular weight excluding hydrogens is 340 g/mol. The van der Waals surface area contributed by atoms with E-state index in [-0.39, 0.29) is 5.91 Å². The maximum absolute atomic E-state index is 12.6. The summed E-state index contributed by atoms with van der Waals surface area (Å²) in [6.45, 7) is 3.19. The molecule has 1 N–H and O–H groups in total. The van der Waals surface area contributed by atoms with E-state index >= 15 is 0 Å². The second-order valence-corrected chi connectivity index (χ2v) is 8.46. The molecule has 7 heteroatoms. The first-order valence-electron chi connectivity index (χ1n) is 10.6. The molecule has 1 aromatic heterocycles. The number of hydrogen-bond acceptors (Lipinski definition) is 5. The number of hydrogen-bond donors (Lipinski definition) is 1. The molecule has 0 spiro atoms. The van der Waals surface area contributed by atoms with E-state index in [1.165, 1.54) is 19.3 Å². The number of nitrogens with one attached hydrogen (secondary N) is 1. The van der Waals surface area contributed by atoms with E-state index in [0.717, 1.165) is 76.2 Å². The molecular formula is C20H30N6O. The third-order valence-electron chi connectivity index (χ3n) is 6.43. The highest BCUT2D eigenvalue weighted by Gasteiger charge is 2.36. The lowest BCUT2D eigenvalue weighted by Gasteiger charge is -2.33. The number of aromatic nitrogens is 3. The Morgan fingerprint density at radius 2 is 2.00 bits per heavy atom. The molecule has 1 aromatic rings. The molecule has 1 unspecified atom stereocenters. The maximum Gasteiger partial charge on any atom is 0.235 e. The maximum atomic E-state index is 12.6. The summed E-state index contributed by atoms with van der Waals surface area (Å²) in [7, 11) is 0. The Bertz CT molecular complexity index is 715. The smallest absolute Gasteiger partial charge is 0.235 e. The number of carbonyl (C=O) groups is 1. The van der Waals surface area contributed by atoms with Gasteiger partial charge in [0.25, 0.3) is 0 Å². The van der Waals surface area contributed by atoms with E-state index in [0.29, 0.717) is 12.5 Å². The van der Waals surface area contributed by atoms with Crippen molar-refractivity contribution in [2.75, 3.05) is 19.6 Å². The first-order valence-corrected chi connectivity index (χ1v) is 10.6. The van der Waals surface area contributed by atoms with Crippen LogP contribution in [0.3, 0.4) is 0 Å². The van der Waals surface area contributed by atoms with Gasteiger partial charge >= 0.3 is 0 Å². The van der Waals surface area contributed by atoms with Gasteiger partial charge in [-0.15, -0.1) is 10.2 Å². The minimum atomic E-state index is -0.628. The molecule has 3 heterocycles. The van der Waals surface area contributed by atoms with Crippen LogP contribution in [0.25, 0.3) is 0 Å². The quantitative estimate of drug-likeness (QED) is 0.877. The molecule has 3 aliphatic rings. The monoisotopic (exact) mass is 370 g/mol. The van der Waals surface area contributed by atoms with Crippen molar-refractivity contribution in [2.24, 2.45) is 0 Å². The Kier molecular flexibility index (Phi) is 5.44. The van der Waals surface area contributed by atoms with Gasteiger partial charge in [-0.2, -0.15) is 5.26 Å². The van der Waals surface area contributed by atoms with Crippen LogP contribution in [0.1, 0.15) is 75.4 Å². The zero-order chi connectivity index (χ0) is 18.7. The van der Waals surface area contributed by atoms with E-state index in [4.69, 9.17) is 0 Å². The van der Waals surface area contributed by atoms with Crippen molar-refractivity contribution in [1.29, 1.82) is 5.26 Å². The van der Waals surface area contributed by atoms with Gasteiger partial charge in [0.05, 0.1) is 12.6 Å². The standard InChI is InChI=1S/C20H30N6O/c21-15-20(9-3-4-10-20)22-18(27)14-25-11-6-7-16(13-25)19-24-23-17-8-2-1-5-12-26(17)19/h16H,1-14H2,(H,22,27). The van der Waals surface area contributed by atoms with Gasteiger partial charge in [0.2, 0.25) is 5.91 Å². The second kappa shape index (κ2) is 7.97. The Hall–Kier alpha value is -1.94. The van der Waals surface area contributed by atoms with Gasteiger partial charge in [-0.1, -0.05) is 6.42 Å². The van der Waals surface area contributed by atoms with Crippen molar-refractivity contribution >= 4 is 5.91 Å². The van der Waals surface area contributed by atoms with Crippen LogP contribution in [0.15, 0.2) is 0 Å². The molecule has 1 amide bonds. The predicted molar refractivity (Wildman–Crippen MR) is 101 cm³/mol. The van der Waals surface area contributed by atoms with Crippen LogP contribution in [0, 0.1) is 11.3 Å². The van der Waals surface area contributed by atoms with E-state index in [1.54, 1.807) is 0 Å². The van der Waals surface area contributed by atoms with Gasteiger partial charge in [0, 0.05) is 25.4 Å². The summed E-state index contributed by atoms with van der Waals surface area (Å²) in [6, 6.07) is 2.34. The first kappa shape index (κ1) is 18.4. The summed E-state index contributed by atoms with van der Waals surface area (Å²) in [6.07, 6.45) is 10.5. The first-order chi connectivity index (χ1) is 13.2. The Balaban J connectivity index is 1.38. The molecule has 1 saturated carbocycles. The fourth-order valence-corrected chi connectivity index (χ4v) is 4.97. The number of carbonyl (C=O) groups excluding carboxylic acids is 1. The molecule has 146 valence electrons. The number of fused-ring (bicyclic) bond motifs is 1. The van der Waals surface area contributed by atoms with E-state index in [2.05, 4.69) is 31.1 Å². The fourth-order valence-electron chi connectivity index (χ4n) is 4.97. The SMILES string of the molecule is N#CC1(NC(=O)CN2CCCC(c3nnc4n3CCCCC4)C2)CCCC1. The number of aryl methyl sites for hydroxylation is 1. The molecule has 1 atom stereocenters. The van der Waals surface area contributed by atoms with Crippen molar-refractivity contribution in [2.45, 2.75) is 82.2 Å². The number of piperidine rings is 1. The van der Waals surface area contributed by atoms with Crippen molar-refractivity contribution in [3.63, 3.8) is 0 Å². The van der Waals surface area contributed by atoms with Crippen molar-refractivity contribution in [3.8, 4) is 6.07 Å². The summed E-state index contributed by atoms with van der Waals surface area (Å²) in [5.74, 6) is 2.58. The third-order valence-corrected chi connectivity index (χ3v) is 6.43. The molecule has 2 aliphatic heterocycles. The van der Waals surface area contributed by atoms with E-state index in [9.17, 15) is 10.1 Å². The molecule has 1 saturated heterocycles. The largest absolute Gasteiger partial charge is 0.337 e. The number of nitriles is 1. The molecule has 1 aliphatic carbocycles. The van der Waals surface area contributed by atoms with Gasteiger partial charge in [-0.3, -0.25) is 9.69 Å². The van der Waals surface area contributed by atoms with Crippen LogP contribution in [0.5, 0.6) is 0 Å². The molecule has 4 rings (SSSR count). The second-order valence-electron chi connectivity index (χ2n) is 8.46. The van der Waals surface area contributed by atoms with Crippen LogP contribution < -0.4 is 5.32 Å². The topological polar surface area (TPSA) is 86.8 Å². The lowest BCUT2D eigenvalue weighted by molar-refractivity contribution is -0.123. The summed E-state index contributed by atoms with van der Waals surface area (Å²) in [5, 5.41) is 21.5. The van der Waals surface area contributed by atoms with Crippen LogP contribution in [-0.2, 0) is 17.8 Å². The van der Waals surface area contributed by atoms with Crippen molar-refractivity contribution < 1.29 is 4.79 Å². The average Bonchev–Trinajstić information content (AvgIpc) is 3.23. The molecule has 0 radical (unpaired) electrons. The van der Waals surface area contributed by atoms with Crippen molar-refractivity contribution in [3.05, 3.63) is 11.6 Å². The zero-order valence-corrected chi connectivity index (χ0v) is 16.1. The average molecular weight is 371 g/mol. The normalized spacial score (nSPS) is 25.4. The van der Waals surface area contributed by atoms with Gasteiger partial charge in [-0.05, 0) is 57.9 Å². The number of nitrogens with zero attached hydrogens (tertiary/aromatic N) is 5. The predicted octanol–water partition coefficient (Wildman–Crippen LogP) is 2.14. The Morgan fingerprint density at radius 1 is 1.15 bits per heavy atom. The third kappa shape index (κ3) is 4.01. The molecule has 27 heavy (non-hydrogen) atoms. The Labute approximate surface area is 161 Å². The van der Waals surface area contributed by atoms with Crippen LogP contribution in [0.2, 0.25) is 0 Å². The van der Waals surface area contributed by atoms with E-state index in [1.807, 2.05) is 0 Å². The number of likely N-dealkylation sites (tertiary alicyclic amines) is 1. The minimum Gasteiger partial charge on any atom is -0.337 e. The van der Waals surface area contributed by atoms with Gasteiger partial charge < -0.3 is 9.88 Å². The molecule has 7 nitrogen and oxygen atoms in total. The van der Waals surface area contributed by atoms with E-state index < -0.39 is 5.54 Å². The van der Waals surface area contributed by atoms with Crippen LogP contribution >= 0.6 is 0 Å². The lowest BCUT2D eigenvalue weighted by atomic mass is 9.96. The fraction of sp³-hybridized carbons (Fsp3) is 0.800. The van der Waals surface area contributed by atoms with Gasteiger partial charge in [0.1, 0.15) is 17.2 Å². The molecule has 2 fully saturated rings. The van der Waals surface area contributed by atoms with Gasteiger partial charge in [-0.25, -0.2) is 0 Å². The highest BCUT2D eigenvalue weighted by Crippen LogP contribution is 2.30. The van der Waals surface area contributed by atoms with Crippen molar-refractivity contribution in [1.82, 2.24) is 25.0 Å². The zero-order valence-electron chi connectivity index (χ0n) is 16.1. The highest BCUT2D eigenvalue weighted by atomic mass is 16.2. The van der Waals surface area contributed by atoms with Crippen LogP contribution in [0.4, 0.5) is 0 Å². The lowest BCUT2D eigenvalue weighted by Crippen LogP contribution is -2.50.